The smallest absolute Gasteiger partial charge is 0.442 e. The largest absolute Gasteiger partial charge is 0.554 e. The molecule has 5 heteroatoms. The topological polar surface area (TPSA) is 36.9 Å². The molecule has 0 bridgehead atoms. The molecule has 0 radical (unpaired) electrons. The Balaban J connectivity index is 4.99. The lowest BCUT2D eigenvalue weighted by atomic mass is 10.4. The van der Waals surface area contributed by atoms with Gasteiger partial charge in [-0.3, -0.25) is 0 Å². The molecular weight excluding hydrogens is 272 g/mol. The van der Waals surface area contributed by atoms with E-state index in [9.17, 15) is 0 Å². The lowest BCUT2D eigenvalue weighted by Gasteiger charge is -2.31. The van der Waals surface area contributed by atoms with Crippen LogP contribution < -0.4 is 0 Å². The number of ether oxygens (including phenoxy) is 3. The Labute approximate surface area is 124 Å². The maximum absolute atomic E-state index is 5.55. The zero-order valence-electron chi connectivity index (χ0n) is 13.0. The summed E-state index contributed by atoms with van der Waals surface area (Å²) in [5.41, 5.74) is 0. The van der Waals surface area contributed by atoms with Crippen molar-refractivity contribution in [3.63, 3.8) is 0 Å². The molecule has 20 heavy (non-hydrogen) atoms. The van der Waals surface area contributed by atoms with E-state index < -0.39 is 15.7 Å². The number of rotatable bonds is 11. The van der Waals surface area contributed by atoms with E-state index in [0.717, 1.165) is 12.5 Å². The van der Waals surface area contributed by atoms with Gasteiger partial charge in [0.1, 0.15) is 0 Å². The second-order valence-electron chi connectivity index (χ2n) is 4.54. The van der Waals surface area contributed by atoms with Gasteiger partial charge in [-0.05, 0) is 26.8 Å². The van der Waals surface area contributed by atoms with Gasteiger partial charge < -0.3 is 18.6 Å². The quantitative estimate of drug-likeness (QED) is 0.252. The molecule has 0 aliphatic carbocycles. The fourth-order valence-corrected chi connectivity index (χ4v) is 2.01. The standard InChI is InChI=1S/C15H26O4Si/c1-8-11-20-16-10-9-15(17-12(2)3,18-13(4)5)19-14(6)7/h9-10H,2,4,6,8,11,20H2,1,3,5,7H3. The third-order valence-corrected chi connectivity index (χ3v) is 3.36. The summed E-state index contributed by atoms with van der Waals surface area (Å²) in [5.74, 6) is -0.127. The maximum atomic E-state index is 5.55. The molecule has 0 fully saturated rings. The molecule has 0 saturated heterocycles. The van der Waals surface area contributed by atoms with Crippen LogP contribution in [0.2, 0.25) is 6.04 Å². The van der Waals surface area contributed by atoms with Crippen LogP contribution in [0.1, 0.15) is 34.1 Å². The van der Waals surface area contributed by atoms with Crippen LogP contribution >= 0.6 is 0 Å². The van der Waals surface area contributed by atoms with Gasteiger partial charge >= 0.3 is 5.97 Å². The Hall–Kier alpha value is -1.62. The number of hydrogen-bond acceptors (Lipinski definition) is 4. The third kappa shape index (κ3) is 8.47. The fraction of sp³-hybridized carbons (Fsp3) is 0.467. The Kier molecular flexibility index (Phi) is 8.55. The van der Waals surface area contributed by atoms with Crippen LogP contribution in [-0.4, -0.2) is 15.7 Å². The van der Waals surface area contributed by atoms with E-state index in [4.69, 9.17) is 18.6 Å². The first kappa shape index (κ1) is 18.4. The Morgan fingerprint density at radius 3 is 1.80 bits per heavy atom. The summed E-state index contributed by atoms with van der Waals surface area (Å²) in [5, 5.41) is 0. The first-order valence-electron chi connectivity index (χ1n) is 6.64. The van der Waals surface area contributed by atoms with Crippen LogP contribution in [0.4, 0.5) is 0 Å². The molecule has 4 nitrogen and oxygen atoms in total. The molecule has 0 aromatic rings. The van der Waals surface area contributed by atoms with Crippen molar-refractivity contribution >= 4 is 9.76 Å². The van der Waals surface area contributed by atoms with E-state index in [0.29, 0.717) is 17.3 Å². The van der Waals surface area contributed by atoms with Gasteiger partial charge in [0.2, 0.25) is 9.76 Å². The normalized spacial score (nSPS) is 11.6. The van der Waals surface area contributed by atoms with Gasteiger partial charge in [0.15, 0.2) is 0 Å². The Morgan fingerprint density at radius 2 is 1.45 bits per heavy atom. The van der Waals surface area contributed by atoms with Crippen LogP contribution in [-0.2, 0) is 18.6 Å². The summed E-state index contributed by atoms with van der Waals surface area (Å²) in [6.45, 7) is 18.4. The molecule has 0 amide bonds. The molecule has 0 aromatic carbocycles. The second-order valence-corrected chi connectivity index (χ2v) is 5.99. The monoisotopic (exact) mass is 298 g/mol. The number of hydrogen-bond donors (Lipinski definition) is 0. The summed E-state index contributed by atoms with van der Waals surface area (Å²) < 4.78 is 22.2. The van der Waals surface area contributed by atoms with E-state index >= 15 is 0 Å². The van der Waals surface area contributed by atoms with Gasteiger partial charge in [0.05, 0.1) is 29.6 Å². The predicted molar refractivity (Wildman–Crippen MR) is 84.3 cm³/mol. The summed E-state index contributed by atoms with van der Waals surface area (Å²) in [6, 6.07) is 1.11. The Bertz CT molecular complexity index is 333. The lowest BCUT2D eigenvalue weighted by Crippen LogP contribution is -2.35. The van der Waals surface area contributed by atoms with Gasteiger partial charge in [0.25, 0.3) is 0 Å². The SMILES string of the molecule is C=C(C)OC(C=CO[SiH2]CCC)(OC(=C)C)OC(=C)C. The zero-order valence-corrected chi connectivity index (χ0v) is 14.4. The third-order valence-electron chi connectivity index (χ3n) is 1.93. The molecule has 0 unspecified atom stereocenters. The molecular formula is C15H26O4Si. The van der Waals surface area contributed by atoms with E-state index in [1.54, 1.807) is 33.1 Å². The van der Waals surface area contributed by atoms with Crippen molar-refractivity contribution in [3.05, 3.63) is 49.4 Å². The van der Waals surface area contributed by atoms with Crippen LogP contribution in [0.5, 0.6) is 0 Å². The minimum atomic E-state index is -1.47. The van der Waals surface area contributed by atoms with Crippen molar-refractivity contribution in [1.82, 2.24) is 0 Å². The van der Waals surface area contributed by atoms with Crippen LogP contribution in [0.3, 0.4) is 0 Å². The fourth-order valence-electron chi connectivity index (χ4n) is 1.32. The summed E-state index contributed by atoms with van der Waals surface area (Å²) >= 11 is 0. The van der Waals surface area contributed by atoms with Crippen molar-refractivity contribution < 1.29 is 18.6 Å². The molecule has 0 N–H and O–H groups in total. The molecule has 114 valence electrons. The van der Waals surface area contributed by atoms with Crippen molar-refractivity contribution in [3.8, 4) is 0 Å². The molecule has 0 aliphatic rings. The van der Waals surface area contributed by atoms with Gasteiger partial charge in [-0.25, -0.2) is 0 Å². The molecule has 0 aliphatic heterocycles. The van der Waals surface area contributed by atoms with Crippen molar-refractivity contribution in [2.75, 3.05) is 0 Å². The molecule has 0 aromatic heterocycles. The molecule has 0 rings (SSSR count). The average molecular weight is 298 g/mol. The predicted octanol–water partition coefficient (Wildman–Crippen LogP) is 3.73. The van der Waals surface area contributed by atoms with E-state index in [2.05, 4.69) is 26.7 Å². The van der Waals surface area contributed by atoms with Crippen molar-refractivity contribution in [2.45, 2.75) is 46.1 Å². The van der Waals surface area contributed by atoms with Gasteiger partial charge in [0, 0.05) is 0 Å². The van der Waals surface area contributed by atoms with Crippen LogP contribution in [0.25, 0.3) is 0 Å². The molecule has 0 heterocycles. The minimum Gasteiger partial charge on any atom is -0.554 e. The Morgan fingerprint density at radius 1 is 1.00 bits per heavy atom. The molecule has 0 saturated carbocycles. The summed E-state index contributed by atoms with van der Waals surface area (Å²) in [4.78, 5) is 0. The van der Waals surface area contributed by atoms with E-state index in [-0.39, 0.29) is 0 Å². The van der Waals surface area contributed by atoms with Gasteiger partial charge in [-0.1, -0.05) is 33.1 Å². The minimum absolute atomic E-state index is 0.447. The highest BCUT2D eigenvalue weighted by Crippen LogP contribution is 2.26. The first-order valence-corrected chi connectivity index (χ1v) is 8.22. The van der Waals surface area contributed by atoms with E-state index in [1.807, 2.05) is 0 Å². The van der Waals surface area contributed by atoms with Crippen molar-refractivity contribution in [1.29, 1.82) is 0 Å². The molecule has 0 atom stereocenters. The lowest BCUT2D eigenvalue weighted by molar-refractivity contribution is -0.301. The number of allylic oxidation sites excluding steroid dienone is 3. The highest BCUT2D eigenvalue weighted by atomic mass is 28.2. The average Bonchev–Trinajstić information content (AvgIpc) is 2.25. The zero-order chi connectivity index (χ0) is 15.6. The molecule has 0 spiro atoms. The van der Waals surface area contributed by atoms with Crippen LogP contribution in [0, 0.1) is 0 Å². The second kappa shape index (κ2) is 9.31. The summed E-state index contributed by atoms with van der Waals surface area (Å²) in [6.07, 6.45) is 4.24. The highest BCUT2D eigenvalue weighted by Gasteiger charge is 2.35. The van der Waals surface area contributed by atoms with E-state index in [1.165, 1.54) is 0 Å². The maximum Gasteiger partial charge on any atom is 0.442 e. The van der Waals surface area contributed by atoms with Crippen molar-refractivity contribution in [2.24, 2.45) is 0 Å². The van der Waals surface area contributed by atoms with Crippen LogP contribution in [0.15, 0.2) is 49.4 Å². The van der Waals surface area contributed by atoms with Gasteiger partial charge in [-0.2, -0.15) is 0 Å². The van der Waals surface area contributed by atoms with Gasteiger partial charge in [-0.15, -0.1) is 0 Å². The highest BCUT2D eigenvalue weighted by molar-refractivity contribution is 6.27. The summed E-state index contributed by atoms with van der Waals surface area (Å²) in [7, 11) is -0.560. The first-order chi connectivity index (χ1) is 9.31.